The molecule has 47 heavy (non-hydrogen) atoms. The summed E-state index contributed by atoms with van der Waals surface area (Å²) in [5.41, 5.74) is 0.111. The third-order valence-electron chi connectivity index (χ3n) is 8.86. The summed E-state index contributed by atoms with van der Waals surface area (Å²) in [4.78, 5) is 12.0. The summed E-state index contributed by atoms with van der Waals surface area (Å²) in [6.07, 6.45) is 30.4. The fourth-order valence-corrected chi connectivity index (χ4v) is 5.82. The molecule has 0 spiro atoms. The zero-order valence-electron chi connectivity index (χ0n) is 37.1. The smallest absolute Gasteiger partial charge is 0.203 e. The molecule has 0 fully saturated rings. The first-order chi connectivity index (χ1) is 25.4. The van der Waals surface area contributed by atoms with E-state index in [0.29, 0.717) is 25.5 Å². The maximum atomic E-state index is 12.0. The third kappa shape index (κ3) is 25.9. The number of ether oxygens (including phenoxy) is 3. The lowest BCUT2D eigenvalue weighted by Crippen LogP contribution is -2.07. The number of aldehydes is 1. The maximum Gasteiger partial charge on any atom is 0.203 e. The highest BCUT2D eigenvalue weighted by Gasteiger charge is 2.16. The van der Waals surface area contributed by atoms with Gasteiger partial charge < -0.3 is 14.2 Å². The van der Waals surface area contributed by atoms with Crippen LogP contribution in [-0.2, 0) is 0 Å². The number of carbonyl (C=O) groups excluding carboxylic acids is 1. The van der Waals surface area contributed by atoms with E-state index in [4.69, 9.17) is 22.4 Å². The number of hydrogen-bond donors (Lipinski definition) is 0. The molecule has 0 aliphatic heterocycles. The molecule has 1 aromatic carbocycles. The van der Waals surface area contributed by atoms with E-state index in [1.165, 1.54) is 108 Å². The van der Waals surface area contributed by atoms with Gasteiger partial charge in [0.1, 0.15) is 6.29 Å². The van der Waals surface area contributed by atoms with Crippen molar-refractivity contribution in [3.63, 3.8) is 0 Å². The van der Waals surface area contributed by atoms with Gasteiger partial charge in [-0.15, -0.1) is 0 Å². The molecule has 0 atom stereocenters. The second kappa shape index (κ2) is 34.2. The molecular weight excluding hydrogens is 580 g/mol. The predicted octanol–water partition coefficient (Wildman–Crippen LogP) is 14.4. The van der Waals surface area contributed by atoms with Gasteiger partial charge in [-0.05, 0) is 31.4 Å². The van der Waals surface area contributed by atoms with Crippen molar-refractivity contribution >= 4 is 6.29 Å². The van der Waals surface area contributed by atoms with Crippen LogP contribution in [0.2, 0.25) is 0 Å². The average Bonchev–Trinajstić information content (AvgIpc) is 3.10. The zero-order valence-corrected chi connectivity index (χ0v) is 31.1. The van der Waals surface area contributed by atoms with E-state index in [9.17, 15) is 4.79 Å². The van der Waals surface area contributed by atoms with Gasteiger partial charge in [0.25, 0.3) is 0 Å². The Bertz CT molecular complexity index is 995. The normalized spacial score (nSPS) is 14.0. The van der Waals surface area contributed by atoms with Crippen LogP contribution in [-0.4, -0.2) is 26.0 Å². The molecule has 0 amide bonds. The van der Waals surface area contributed by atoms with Crippen LogP contribution < -0.4 is 14.2 Å². The van der Waals surface area contributed by atoms with Gasteiger partial charge in [-0.25, -0.2) is 0 Å². The van der Waals surface area contributed by atoms with Gasteiger partial charge in [-0.2, -0.15) is 0 Å². The van der Waals surface area contributed by atoms with Crippen LogP contribution in [0.4, 0.5) is 0 Å². The van der Waals surface area contributed by atoms with E-state index in [2.05, 4.69) is 20.8 Å². The standard InChI is InChI=1S/C43H78O4/c1-4-7-10-13-16-19-22-25-28-31-34-45-41-37-40(39-44)38-42(46-35-32-29-26-23-20-17-14-11-8-5-2)43(41)47-36-33-30-27-24-21-18-15-12-9-6-3/h37-39H,4-36H2,1-3H3/i34D2,35D2,36D2. The van der Waals surface area contributed by atoms with Gasteiger partial charge in [-0.1, -0.05) is 194 Å². The lowest BCUT2D eigenvalue weighted by Gasteiger charge is -2.18. The van der Waals surface area contributed by atoms with Crippen LogP contribution in [0.25, 0.3) is 0 Å². The molecule has 4 nitrogen and oxygen atoms in total. The number of benzene rings is 1. The minimum Gasteiger partial charge on any atom is -0.490 e. The Morgan fingerprint density at radius 3 is 0.957 bits per heavy atom. The van der Waals surface area contributed by atoms with Crippen molar-refractivity contribution in [1.29, 1.82) is 0 Å². The van der Waals surface area contributed by atoms with Crippen LogP contribution in [0, 0.1) is 0 Å². The first kappa shape index (κ1) is 33.8. The van der Waals surface area contributed by atoms with Gasteiger partial charge in [0.15, 0.2) is 11.5 Å². The van der Waals surface area contributed by atoms with Crippen LogP contribution in [0.15, 0.2) is 12.1 Å². The Kier molecular flexibility index (Phi) is 24.5. The predicted molar refractivity (Wildman–Crippen MR) is 204 cm³/mol. The van der Waals surface area contributed by atoms with Gasteiger partial charge >= 0.3 is 0 Å². The lowest BCUT2D eigenvalue weighted by atomic mass is 10.1. The summed E-state index contributed by atoms with van der Waals surface area (Å²) in [6.45, 7) is 0.254. The van der Waals surface area contributed by atoms with Gasteiger partial charge in [0.2, 0.25) is 5.75 Å². The Hall–Kier alpha value is -1.71. The molecule has 0 saturated carbocycles. The van der Waals surface area contributed by atoms with Crippen LogP contribution in [0.3, 0.4) is 0 Å². The molecule has 0 bridgehead atoms. The van der Waals surface area contributed by atoms with Crippen LogP contribution in [0.5, 0.6) is 17.2 Å². The average molecular weight is 665 g/mol. The topological polar surface area (TPSA) is 44.8 Å². The van der Waals surface area contributed by atoms with Crippen molar-refractivity contribution in [1.82, 2.24) is 0 Å². The summed E-state index contributed by atoms with van der Waals surface area (Å²) in [7, 11) is 0. The van der Waals surface area contributed by atoms with Crippen LogP contribution >= 0.6 is 0 Å². The minimum absolute atomic E-state index is 0.105. The summed E-state index contributed by atoms with van der Waals surface area (Å²) in [5, 5.41) is 0. The van der Waals surface area contributed by atoms with E-state index in [-0.39, 0.29) is 42.1 Å². The third-order valence-corrected chi connectivity index (χ3v) is 8.86. The fraction of sp³-hybridized carbons (Fsp3) is 0.837. The van der Waals surface area contributed by atoms with E-state index in [0.717, 1.165) is 57.8 Å². The Labute approximate surface area is 301 Å². The second-order valence-electron chi connectivity index (χ2n) is 13.4. The monoisotopic (exact) mass is 665 g/mol. The SMILES string of the molecule is [2H]C([2H])(CCCCCCCCCCC)Oc1cc(C=O)cc(OC([2H])([2H])CCCCCCCCCCC)c1OC([2H])([2H])CCCCCCCCCCC. The van der Waals surface area contributed by atoms with Crippen molar-refractivity contribution in [3.8, 4) is 17.2 Å². The first-order valence-corrected chi connectivity index (χ1v) is 20.1. The quantitative estimate of drug-likeness (QED) is 0.0524. The van der Waals surface area contributed by atoms with E-state index in [1.54, 1.807) is 0 Å². The van der Waals surface area contributed by atoms with E-state index < -0.39 is 19.7 Å². The molecule has 0 unspecified atom stereocenters. The number of hydrogen-bond acceptors (Lipinski definition) is 4. The van der Waals surface area contributed by atoms with Crippen molar-refractivity contribution in [3.05, 3.63) is 17.7 Å². The maximum absolute atomic E-state index is 12.0. The minimum atomic E-state index is -2.15. The molecular formula is C43H78O4. The summed E-state index contributed by atoms with van der Waals surface area (Å²) in [6, 6.07) is 2.68. The van der Waals surface area contributed by atoms with Crippen molar-refractivity contribution in [2.24, 2.45) is 0 Å². The van der Waals surface area contributed by atoms with Gasteiger partial charge in [-0.3, -0.25) is 4.79 Å². The molecule has 0 saturated heterocycles. The largest absolute Gasteiger partial charge is 0.490 e. The van der Waals surface area contributed by atoms with Gasteiger partial charge in [0, 0.05) is 5.56 Å². The summed E-state index contributed by atoms with van der Waals surface area (Å²) in [5.74, 6) is -0.510. The number of carbonyl (C=O) groups is 1. The van der Waals surface area contributed by atoms with Crippen LogP contribution in [0.1, 0.15) is 232 Å². The second-order valence-corrected chi connectivity index (χ2v) is 13.4. The molecule has 274 valence electrons. The molecule has 0 heterocycles. The molecule has 0 aliphatic carbocycles. The number of unbranched alkanes of at least 4 members (excludes halogenated alkanes) is 24. The molecule has 1 aromatic rings. The zero-order chi connectivity index (χ0) is 39.3. The molecule has 0 aliphatic rings. The molecule has 0 radical (unpaired) electrons. The molecule has 1 rings (SSSR count). The van der Waals surface area contributed by atoms with Gasteiger partial charge in [0.05, 0.1) is 27.9 Å². The highest BCUT2D eigenvalue weighted by molar-refractivity contribution is 5.78. The van der Waals surface area contributed by atoms with E-state index >= 15 is 0 Å². The Morgan fingerprint density at radius 2 is 0.681 bits per heavy atom. The first-order valence-electron chi connectivity index (χ1n) is 23.1. The Balaban J connectivity index is 3.02. The fourth-order valence-electron chi connectivity index (χ4n) is 5.82. The Morgan fingerprint density at radius 1 is 0.426 bits per heavy atom. The van der Waals surface area contributed by atoms with E-state index in [1.807, 2.05) is 0 Å². The molecule has 0 N–H and O–H groups in total. The molecule has 4 heteroatoms. The molecule has 0 aromatic heterocycles. The highest BCUT2D eigenvalue weighted by Crippen LogP contribution is 2.39. The van der Waals surface area contributed by atoms with Crippen molar-refractivity contribution < 1.29 is 27.2 Å². The van der Waals surface area contributed by atoms with Crippen molar-refractivity contribution in [2.75, 3.05) is 19.7 Å². The summed E-state index contributed by atoms with van der Waals surface area (Å²) >= 11 is 0. The lowest BCUT2D eigenvalue weighted by molar-refractivity contribution is 0.112. The highest BCUT2D eigenvalue weighted by atomic mass is 16.5. The summed E-state index contributed by atoms with van der Waals surface area (Å²) < 4.78 is 69.9. The van der Waals surface area contributed by atoms with Crippen molar-refractivity contribution in [2.45, 2.75) is 213 Å². The number of rotatable bonds is 37.